The fourth-order valence-corrected chi connectivity index (χ4v) is 10.3. The molecule has 10 rings (SSSR count). The van der Waals surface area contributed by atoms with Crippen molar-refractivity contribution in [3.8, 4) is 62.3 Å². The number of thiazole rings is 1. The summed E-state index contributed by atoms with van der Waals surface area (Å²) >= 11 is 1.72. The van der Waals surface area contributed by atoms with Crippen LogP contribution in [0.3, 0.4) is 0 Å². The van der Waals surface area contributed by atoms with E-state index < -0.39 is 0 Å². The summed E-state index contributed by atoms with van der Waals surface area (Å²) < 4.78 is 12.8. The van der Waals surface area contributed by atoms with Crippen molar-refractivity contribution in [1.82, 2.24) is 23.9 Å². The van der Waals surface area contributed by atoms with Gasteiger partial charge in [0.15, 0.2) is 0 Å². The number of nitrogens with zero attached hydrogens (tertiary/aromatic N) is 5. The van der Waals surface area contributed by atoms with Gasteiger partial charge in [0.05, 0.1) is 32.6 Å². The normalized spacial score (nSPS) is 12.4. The van der Waals surface area contributed by atoms with Crippen molar-refractivity contribution in [2.45, 2.75) is 91.9 Å². The maximum absolute atomic E-state index is 7.10. The first-order valence-electron chi connectivity index (χ1n) is 23.1. The van der Waals surface area contributed by atoms with E-state index in [9.17, 15) is 0 Å². The lowest BCUT2D eigenvalue weighted by molar-refractivity contribution is 0.465. The molecule has 0 spiro atoms. The van der Waals surface area contributed by atoms with Crippen LogP contribution in [0.2, 0.25) is 0 Å². The first-order chi connectivity index (χ1) is 31.6. The summed E-state index contributed by atoms with van der Waals surface area (Å²) in [6.45, 7) is 22.9. The summed E-state index contributed by atoms with van der Waals surface area (Å²) in [5.74, 6) is 2.57. The molecule has 330 valence electrons. The Balaban J connectivity index is 1.20. The Bertz CT molecular complexity index is 3380. The highest BCUT2D eigenvalue weighted by Gasteiger charge is 2.27. The molecular formula is C59H57N5OS. The number of hydrogen-bond acceptors (Lipinski definition) is 5. The van der Waals surface area contributed by atoms with Crippen molar-refractivity contribution in [3.05, 3.63) is 174 Å². The Kier molecular flexibility index (Phi) is 10.8. The van der Waals surface area contributed by atoms with Crippen LogP contribution < -0.4 is 4.74 Å². The third kappa shape index (κ3) is 7.89. The lowest BCUT2D eigenvalue weighted by atomic mass is 9.81. The molecule has 0 unspecified atom stereocenters. The van der Waals surface area contributed by atoms with E-state index in [1.807, 2.05) is 12.4 Å². The summed E-state index contributed by atoms with van der Waals surface area (Å²) in [4.78, 5) is 16.9. The van der Waals surface area contributed by atoms with Crippen LogP contribution in [0, 0.1) is 0 Å². The predicted molar refractivity (Wildman–Crippen MR) is 277 cm³/mol. The second-order valence-electron chi connectivity index (χ2n) is 20.3. The molecule has 66 heavy (non-hydrogen) atoms. The highest BCUT2D eigenvalue weighted by molar-refractivity contribution is 7.24. The molecule has 0 saturated carbocycles. The summed E-state index contributed by atoms with van der Waals surface area (Å²) in [6, 6.07) is 51.7. The molecule has 6 nitrogen and oxygen atoms in total. The van der Waals surface area contributed by atoms with Gasteiger partial charge in [0.1, 0.15) is 28.4 Å². The number of hydrogen-bond donors (Lipinski definition) is 0. The number of fused-ring (bicyclic) bond motifs is 4. The zero-order chi connectivity index (χ0) is 46.1. The minimum Gasteiger partial charge on any atom is -0.439 e. The lowest BCUT2D eigenvalue weighted by Gasteiger charge is -2.28. The number of imidazole rings is 2. The van der Waals surface area contributed by atoms with Gasteiger partial charge in [-0.3, -0.25) is 8.97 Å². The zero-order valence-electron chi connectivity index (χ0n) is 39.6. The van der Waals surface area contributed by atoms with Gasteiger partial charge < -0.3 is 4.74 Å². The van der Waals surface area contributed by atoms with Gasteiger partial charge in [-0.2, -0.15) is 0 Å². The fourth-order valence-electron chi connectivity index (χ4n) is 9.06. The quantitative estimate of drug-likeness (QED) is 0.145. The van der Waals surface area contributed by atoms with E-state index in [1.54, 1.807) is 11.3 Å². The molecule has 0 radical (unpaired) electrons. The van der Waals surface area contributed by atoms with Crippen LogP contribution in [0.4, 0.5) is 0 Å². The van der Waals surface area contributed by atoms with Gasteiger partial charge in [0.2, 0.25) is 5.88 Å². The lowest BCUT2D eigenvalue weighted by Crippen LogP contribution is -2.16. The SMILES string of the molecule is CC(C)c1cc(C(C)(C)C)cc(C(C)C)c1-n1c(-c2cc(Oc3cc4c(sc5c(-c6ccccc6)ncn54)c(-c4cccc(C(C)(C)C)c4)n3)cc(-c3ccccc3)c2)nc2ccccc21. The van der Waals surface area contributed by atoms with E-state index in [4.69, 9.17) is 19.7 Å². The molecule has 6 aromatic carbocycles. The van der Waals surface area contributed by atoms with Crippen LogP contribution in [0.15, 0.2) is 152 Å². The monoisotopic (exact) mass is 883 g/mol. The highest BCUT2D eigenvalue weighted by atomic mass is 32.1. The third-order valence-corrected chi connectivity index (χ3v) is 13.9. The maximum atomic E-state index is 7.10. The van der Waals surface area contributed by atoms with Crippen molar-refractivity contribution in [1.29, 1.82) is 0 Å². The average molecular weight is 884 g/mol. The second kappa shape index (κ2) is 16.6. The Morgan fingerprint density at radius 1 is 0.530 bits per heavy atom. The molecule has 4 heterocycles. The van der Waals surface area contributed by atoms with Crippen LogP contribution in [-0.2, 0) is 10.8 Å². The van der Waals surface area contributed by atoms with E-state index >= 15 is 0 Å². The number of pyridine rings is 1. The van der Waals surface area contributed by atoms with E-state index in [1.165, 1.54) is 27.9 Å². The fraction of sp³-hybridized carbons (Fsp3) is 0.237. The first kappa shape index (κ1) is 43.1. The van der Waals surface area contributed by atoms with Gasteiger partial charge in [-0.05, 0) is 92.4 Å². The first-order valence-corrected chi connectivity index (χ1v) is 24.0. The van der Waals surface area contributed by atoms with E-state index in [0.717, 1.165) is 71.1 Å². The number of benzene rings is 6. The van der Waals surface area contributed by atoms with Crippen LogP contribution in [0.5, 0.6) is 11.6 Å². The summed E-state index contributed by atoms with van der Waals surface area (Å²) in [6.07, 6.45) is 1.93. The van der Waals surface area contributed by atoms with Gasteiger partial charge in [-0.15, -0.1) is 11.3 Å². The van der Waals surface area contributed by atoms with E-state index in [2.05, 4.69) is 218 Å². The van der Waals surface area contributed by atoms with Crippen molar-refractivity contribution >= 4 is 37.4 Å². The van der Waals surface area contributed by atoms with Gasteiger partial charge >= 0.3 is 0 Å². The van der Waals surface area contributed by atoms with Gasteiger partial charge in [0.25, 0.3) is 0 Å². The van der Waals surface area contributed by atoms with Gasteiger partial charge in [-0.25, -0.2) is 15.0 Å². The van der Waals surface area contributed by atoms with Crippen LogP contribution in [0.1, 0.15) is 103 Å². The molecule has 0 aliphatic rings. The third-order valence-electron chi connectivity index (χ3n) is 12.7. The minimum atomic E-state index is -0.0403. The molecule has 0 fully saturated rings. The van der Waals surface area contributed by atoms with Crippen LogP contribution >= 0.6 is 11.3 Å². The number of rotatable bonds is 9. The van der Waals surface area contributed by atoms with Crippen molar-refractivity contribution in [3.63, 3.8) is 0 Å². The Morgan fingerprint density at radius 2 is 1.15 bits per heavy atom. The standard InChI is InChI=1S/C59H57N5OS/c1-36(2)46-32-44(59(8,9)10)33-47(37(3)4)54(46)64-49-27-18-17-26-48(49)61-56(64)42-28-41(38-20-13-11-14-21-38)30-45(31-42)65-51-34-50-55(52(62-51)40-24-19-25-43(29-40)58(5,6)7)66-57-53(60-35-63(50)57)39-22-15-12-16-23-39/h11-37H,1-10H3. The van der Waals surface area contributed by atoms with E-state index in [-0.39, 0.29) is 22.7 Å². The molecule has 4 aromatic heterocycles. The molecule has 0 aliphatic heterocycles. The molecule has 10 aromatic rings. The number of ether oxygens (including phenoxy) is 1. The molecule has 0 N–H and O–H groups in total. The Morgan fingerprint density at radius 3 is 1.82 bits per heavy atom. The average Bonchev–Trinajstić information content (AvgIpc) is 4.01. The van der Waals surface area contributed by atoms with Gasteiger partial charge in [-0.1, -0.05) is 172 Å². The minimum absolute atomic E-state index is 0.00888. The summed E-state index contributed by atoms with van der Waals surface area (Å²) in [5.41, 5.74) is 16.4. The Labute approximate surface area is 392 Å². The smallest absolute Gasteiger partial charge is 0.221 e. The van der Waals surface area contributed by atoms with Gasteiger partial charge in [0, 0.05) is 22.8 Å². The maximum Gasteiger partial charge on any atom is 0.221 e. The Hall–Kier alpha value is -6.83. The van der Waals surface area contributed by atoms with Crippen molar-refractivity contribution in [2.75, 3.05) is 0 Å². The molecule has 7 heteroatoms. The van der Waals surface area contributed by atoms with Crippen LogP contribution in [-0.4, -0.2) is 23.9 Å². The molecular weight excluding hydrogens is 827 g/mol. The molecule has 0 atom stereocenters. The van der Waals surface area contributed by atoms with Crippen molar-refractivity contribution < 1.29 is 4.74 Å². The predicted octanol–water partition coefficient (Wildman–Crippen LogP) is 16.6. The molecule has 0 amide bonds. The summed E-state index contributed by atoms with van der Waals surface area (Å²) in [7, 11) is 0. The number of para-hydroxylation sites is 2. The zero-order valence-corrected chi connectivity index (χ0v) is 40.5. The molecule has 0 saturated heterocycles. The number of aromatic nitrogens is 5. The highest BCUT2D eigenvalue weighted by Crippen LogP contribution is 2.44. The summed E-state index contributed by atoms with van der Waals surface area (Å²) in [5, 5.41) is 0. The largest absolute Gasteiger partial charge is 0.439 e. The van der Waals surface area contributed by atoms with Crippen LogP contribution in [0.25, 0.3) is 76.8 Å². The van der Waals surface area contributed by atoms with Crippen molar-refractivity contribution in [2.24, 2.45) is 0 Å². The molecule has 0 bridgehead atoms. The molecule has 0 aliphatic carbocycles. The second-order valence-corrected chi connectivity index (χ2v) is 21.3. The topological polar surface area (TPSA) is 57.2 Å². The van der Waals surface area contributed by atoms with E-state index in [0.29, 0.717) is 11.6 Å².